The van der Waals surface area contributed by atoms with Gasteiger partial charge in [-0.2, -0.15) is 0 Å². The number of halogens is 1. The highest BCUT2D eigenvalue weighted by Crippen LogP contribution is 2.17. The van der Waals surface area contributed by atoms with Gasteiger partial charge in [-0.15, -0.1) is 24.0 Å². The van der Waals surface area contributed by atoms with Gasteiger partial charge in [-0.1, -0.05) is 6.92 Å². The maximum Gasteiger partial charge on any atom is 0.243 e. The summed E-state index contributed by atoms with van der Waals surface area (Å²) in [7, 11) is 0.0616. The van der Waals surface area contributed by atoms with Gasteiger partial charge >= 0.3 is 0 Å². The quantitative estimate of drug-likeness (QED) is 0.288. The summed E-state index contributed by atoms with van der Waals surface area (Å²) in [5, 5.41) is 2.94. The van der Waals surface area contributed by atoms with Gasteiger partial charge in [0.1, 0.15) is 6.54 Å². The number of carbonyl (C=O) groups is 1. The van der Waals surface area contributed by atoms with E-state index in [2.05, 4.69) is 15.0 Å². The normalized spacial score (nSPS) is 21.7. The number of sulfonamides is 1. The number of likely N-dealkylation sites (tertiary alicyclic amines) is 1. The zero-order chi connectivity index (χ0) is 19.2. The van der Waals surface area contributed by atoms with Crippen molar-refractivity contribution in [1.82, 2.24) is 19.8 Å². The average Bonchev–Trinajstić information content (AvgIpc) is 3.10. The molecule has 0 spiro atoms. The van der Waals surface area contributed by atoms with Gasteiger partial charge in [-0.25, -0.2) is 18.1 Å². The van der Waals surface area contributed by atoms with Crippen LogP contribution >= 0.6 is 24.0 Å². The molecule has 9 nitrogen and oxygen atoms in total. The summed E-state index contributed by atoms with van der Waals surface area (Å²) in [4.78, 5) is 19.8. The van der Waals surface area contributed by atoms with Crippen molar-refractivity contribution in [3.63, 3.8) is 0 Å². The Hall–Kier alpha value is -0.660. The minimum atomic E-state index is -3.32. The third kappa shape index (κ3) is 7.35. The van der Waals surface area contributed by atoms with Crippen molar-refractivity contribution >= 4 is 45.9 Å². The van der Waals surface area contributed by atoms with Crippen molar-refractivity contribution in [2.24, 2.45) is 4.99 Å². The van der Waals surface area contributed by atoms with Gasteiger partial charge in [0.2, 0.25) is 15.9 Å². The number of nitrogens with one attached hydrogen (secondary N) is 2. The first kappa shape index (κ1) is 24.4. The van der Waals surface area contributed by atoms with E-state index in [4.69, 9.17) is 4.74 Å². The van der Waals surface area contributed by atoms with Crippen LogP contribution in [0.2, 0.25) is 0 Å². The van der Waals surface area contributed by atoms with Crippen molar-refractivity contribution in [2.45, 2.75) is 37.5 Å². The SMILES string of the molecule is CCNS(=O)(=O)C1CCN(C(=NCC(=O)N(C)C)NC2CCOCC2)C1.I. The van der Waals surface area contributed by atoms with E-state index in [-0.39, 0.29) is 42.5 Å². The van der Waals surface area contributed by atoms with Gasteiger partial charge in [0.15, 0.2) is 5.96 Å². The molecule has 2 rings (SSSR count). The maximum absolute atomic E-state index is 12.3. The second-order valence-electron chi connectivity index (χ2n) is 6.86. The molecule has 158 valence electrons. The van der Waals surface area contributed by atoms with Crippen molar-refractivity contribution in [3.05, 3.63) is 0 Å². The van der Waals surface area contributed by atoms with Crippen LogP contribution in [0.1, 0.15) is 26.2 Å². The third-order valence-corrected chi connectivity index (χ3v) is 6.60. The molecular weight excluding hydrogens is 485 g/mol. The second-order valence-corrected chi connectivity index (χ2v) is 8.90. The molecule has 2 saturated heterocycles. The molecule has 1 atom stereocenters. The van der Waals surface area contributed by atoms with E-state index in [0.717, 1.165) is 12.8 Å². The molecule has 2 aliphatic heterocycles. The van der Waals surface area contributed by atoms with Crippen molar-refractivity contribution in [1.29, 1.82) is 0 Å². The van der Waals surface area contributed by atoms with E-state index in [1.54, 1.807) is 21.0 Å². The number of aliphatic imine (C=N–C) groups is 1. The lowest BCUT2D eigenvalue weighted by Crippen LogP contribution is -2.48. The van der Waals surface area contributed by atoms with Crippen molar-refractivity contribution in [2.75, 3.05) is 53.5 Å². The van der Waals surface area contributed by atoms with Crippen molar-refractivity contribution in [3.8, 4) is 0 Å². The molecule has 0 radical (unpaired) electrons. The van der Waals surface area contributed by atoms with Crippen LogP contribution in [0.5, 0.6) is 0 Å². The molecule has 2 aliphatic rings. The number of carbonyl (C=O) groups excluding carboxylic acids is 1. The highest BCUT2D eigenvalue weighted by molar-refractivity contribution is 14.0. The van der Waals surface area contributed by atoms with Crippen LogP contribution < -0.4 is 10.0 Å². The van der Waals surface area contributed by atoms with Crippen LogP contribution in [0.4, 0.5) is 0 Å². The first-order valence-corrected chi connectivity index (χ1v) is 10.7. The summed E-state index contributed by atoms with van der Waals surface area (Å²) >= 11 is 0. The lowest BCUT2D eigenvalue weighted by molar-refractivity contribution is -0.127. The Kier molecular flexibility index (Phi) is 10.3. The topological polar surface area (TPSA) is 103 Å². The van der Waals surface area contributed by atoms with E-state index in [1.165, 1.54) is 4.90 Å². The predicted molar refractivity (Wildman–Crippen MR) is 116 cm³/mol. The Bertz CT molecular complexity index is 608. The Labute approximate surface area is 179 Å². The Balaban J connectivity index is 0.00000364. The highest BCUT2D eigenvalue weighted by atomic mass is 127. The molecule has 0 aromatic heterocycles. The van der Waals surface area contributed by atoms with Crippen LogP contribution in [0.15, 0.2) is 4.99 Å². The molecule has 0 saturated carbocycles. The van der Waals surface area contributed by atoms with Gasteiger partial charge in [0, 0.05) is 53.0 Å². The smallest absolute Gasteiger partial charge is 0.243 e. The Morgan fingerprint density at radius 1 is 1.26 bits per heavy atom. The number of hydrogen-bond acceptors (Lipinski definition) is 5. The van der Waals surface area contributed by atoms with Crippen LogP contribution in [0.3, 0.4) is 0 Å². The van der Waals surface area contributed by atoms with Gasteiger partial charge in [-0.05, 0) is 19.3 Å². The van der Waals surface area contributed by atoms with E-state index in [9.17, 15) is 13.2 Å². The molecule has 0 aromatic rings. The number of nitrogens with zero attached hydrogens (tertiary/aromatic N) is 3. The number of guanidine groups is 1. The molecule has 0 aromatic carbocycles. The monoisotopic (exact) mass is 517 g/mol. The Morgan fingerprint density at radius 3 is 2.52 bits per heavy atom. The third-order valence-electron chi connectivity index (χ3n) is 4.65. The van der Waals surface area contributed by atoms with Crippen LogP contribution in [-0.2, 0) is 19.6 Å². The predicted octanol–water partition coefficient (Wildman–Crippen LogP) is -0.169. The first-order chi connectivity index (χ1) is 12.3. The fourth-order valence-corrected chi connectivity index (χ4v) is 4.47. The zero-order valence-corrected chi connectivity index (χ0v) is 19.5. The van der Waals surface area contributed by atoms with Crippen molar-refractivity contribution < 1.29 is 17.9 Å². The number of rotatable bonds is 6. The van der Waals surface area contributed by atoms with Crippen LogP contribution in [-0.4, -0.2) is 94.9 Å². The zero-order valence-electron chi connectivity index (χ0n) is 16.3. The summed E-state index contributed by atoms with van der Waals surface area (Å²) < 4.78 is 32.5. The maximum atomic E-state index is 12.3. The number of ether oxygens (including phenoxy) is 1. The van der Waals surface area contributed by atoms with Crippen LogP contribution in [0, 0.1) is 0 Å². The first-order valence-electron chi connectivity index (χ1n) is 9.15. The summed E-state index contributed by atoms with van der Waals surface area (Å²) in [6.07, 6.45) is 2.28. The molecule has 1 unspecified atom stereocenters. The number of amides is 1. The molecule has 0 bridgehead atoms. The molecule has 1 amide bonds. The summed E-state index contributed by atoms with van der Waals surface area (Å²) in [5.74, 6) is 0.522. The van der Waals surface area contributed by atoms with Gasteiger partial charge in [0.05, 0.1) is 5.25 Å². The largest absolute Gasteiger partial charge is 0.381 e. The Morgan fingerprint density at radius 2 is 1.93 bits per heavy atom. The minimum absolute atomic E-state index is 0. The summed E-state index contributed by atoms with van der Waals surface area (Å²) in [6, 6.07) is 0.224. The lowest BCUT2D eigenvalue weighted by atomic mass is 10.1. The number of likely N-dealkylation sites (N-methyl/N-ethyl adjacent to an activating group) is 1. The second kappa shape index (κ2) is 11.4. The van der Waals surface area contributed by atoms with E-state index >= 15 is 0 Å². The van der Waals surface area contributed by atoms with E-state index in [1.807, 2.05) is 4.90 Å². The standard InChI is InChI=1S/C16H31N5O4S.HI/c1-4-18-26(23,24)14-5-8-21(12-14)16(17-11-15(22)20(2)3)19-13-6-9-25-10-7-13;/h13-14,18H,4-12H2,1-3H3,(H,17,19);1H. The van der Waals surface area contributed by atoms with Crippen LogP contribution in [0.25, 0.3) is 0 Å². The molecule has 2 N–H and O–H groups in total. The fraction of sp³-hybridized carbons (Fsp3) is 0.875. The van der Waals surface area contributed by atoms with Gasteiger partial charge < -0.3 is 19.9 Å². The summed E-state index contributed by atoms with van der Waals surface area (Å²) in [6.45, 7) is 4.56. The van der Waals surface area contributed by atoms with E-state index < -0.39 is 15.3 Å². The van der Waals surface area contributed by atoms with Gasteiger partial charge in [0.25, 0.3) is 0 Å². The molecule has 2 fully saturated rings. The molecule has 27 heavy (non-hydrogen) atoms. The van der Waals surface area contributed by atoms with Gasteiger partial charge in [-0.3, -0.25) is 4.79 Å². The molecule has 2 heterocycles. The highest BCUT2D eigenvalue weighted by Gasteiger charge is 2.34. The lowest BCUT2D eigenvalue weighted by Gasteiger charge is -2.29. The minimum Gasteiger partial charge on any atom is -0.381 e. The summed E-state index contributed by atoms with van der Waals surface area (Å²) in [5.41, 5.74) is 0. The average molecular weight is 517 g/mol. The molecule has 11 heteroatoms. The fourth-order valence-electron chi connectivity index (χ4n) is 3.04. The molecule has 0 aliphatic carbocycles. The number of hydrogen-bond donors (Lipinski definition) is 2. The van der Waals surface area contributed by atoms with E-state index in [0.29, 0.717) is 45.2 Å². The molecular formula is C16H32IN5O4S.